The van der Waals surface area contributed by atoms with Gasteiger partial charge in [-0.3, -0.25) is 9.36 Å². The van der Waals surface area contributed by atoms with Gasteiger partial charge in [0.2, 0.25) is 0 Å². The van der Waals surface area contributed by atoms with Gasteiger partial charge >= 0.3 is 11.7 Å². The molecule has 6 heteroatoms. The smallest absolute Gasteiger partial charge is 0.332 e. The zero-order valence-electron chi connectivity index (χ0n) is 10.5. The molecular weight excluding hydrogens is 246 g/mol. The minimum Gasteiger partial charge on any atom is -0.480 e. The molecule has 0 saturated carbocycles. The summed E-state index contributed by atoms with van der Waals surface area (Å²) in [5.41, 5.74) is 6.89. The quantitative estimate of drug-likeness (QED) is 0.818. The van der Waals surface area contributed by atoms with E-state index in [1.165, 1.54) is 9.13 Å². The van der Waals surface area contributed by atoms with Crippen LogP contribution in [0.5, 0.6) is 0 Å². The normalized spacial score (nSPS) is 12.3. The molecule has 0 bridgehead atoms. The van der Waals surface area contributed by atoms with E-state index in [2.05, 4.69) is 0 Å². The number of hydrogen-bond donors (Lipinski definition) is 2. The fourth-order valence-corrected chi connectivity index (χ4v) is 1.79. The van der Waals surface area contributed by atoms with E-state index in [4.69, 9.17) is 10.8 Å². The van der Waals surface area contributed by atoms with E-state index >= 15 is 0 Å². The van der Waals surface area contributed by atoms with Crippen LogP contribution in [0.25, 0.3) is 5.69 Å². The molecule has 0 saturated heterocycles. The number of benzene rings is 1. The molecule has 0 spiro atoms. The van der Waals surface area contributed by atoms with Gasteiger partial charge in [0.1, 0.15) is 6.04 Å². The minimum atomic E-state index is -1.02. The van der Waals surface area contributed by atoms with Crippen LogP contribution in [-0.4, -0.2) is 26.3 Å². The number of imidazole rings is 1. The first-order chi connectivity index (χ1) is 8.99. The zero-order valence-corrected chi connectivity index (χ0v) is 10.5. The van der Waals surface area contributed by atoms with E-state index in [1.807, 2.05) is 0 Å². The van der Waals surface area contributed by atoms with Crippen molar-refractivity contribution in [1.82, 2.24) is 9.13 Å². The van der Waals surface area contributed by atoms with Crippen molar-refractivity contribution in [2.24, 2.45) is 12.8 Å². The number of nitrogens with zero attached hydrogens (tertiary/aromatic N) is 2. The van der Waals surface area contributed by atoms with Crippen LogP contribution in [0.2, 0.25) is 0 Å². The number of carboxylic acid groups (broad SMARTS) is 1. The summed E-state index contributed by atoms with van der Waals surface area (Å²) < 4.78 is 3.00. The highest BCUT2D eigenvalue weighted by molar-refractivity contribution is 5.73. The fraction of sp³-hybridized carbons (Fsp3) is 0.231. The van der Waals surface area contributed by atoms with Gasteiger partial charge in [-0.15, -0.1) is 0 Å². The van der Waals surface area contributed by atoms with Crippen LogP contribution in [0.3, 0.4) is 0 Å². The average molecular weight is 261 g/mol. The molecule has 1 aromatic carbocycles. The fourth-order valence-electron chi connectivity index (χ4n) is 1.79. The highest BCUT2D eigenvalue weighted by Gasteiger charge is 2.12. The van der Waals surface area contributed by atoms with Crippen molar-refractivity contribution in [3.63, 3.8) is 0 Å². The number of aliphatic carboxylic acids is 1. The van der Waals surface area contributed by atoms with Gasteiger partial charge in [-0.05, 0) is 24.1 Å². The molecule has 19 heavy (non-hydrogen) atoms. The van der Waals surface area contributed by atoms with Crippen molar-refractivity contribution < 1.29 is 9.90 Å². The van der Waals surface area contributed by atoms with Gasteiger partial charge in [0, 0.05) is 19.4 Å². The Morgan fingerprint density at radius 2 is 1.95 bits per heavy atom. The van der Waals surface area contributed by atoms with Crippen LogP contribution in [0.4, 0.5) is 0 Å². The van der Waals surface area contributed by atoms with Gasteiger partial charge in [-0.25, -0.2) is 4.79 Å². The van der Waals surface area contributed by atoms with E-state index in [9.17, 15) is 9.59 Å². The van der Waals surface area contributed by atoms with Gasteiger partial charge in [-0.1, -0.05) is 12.1 Å². The molecule has 100 valence electrons. The van der Waals surface area contributed by atoms with Crippen LogP contribution in [-0.2, 0) is 18.3 Å². The summed E-state index contributed by atoms with van der Waals surface area (Å²) in [6, 6.07) is 6.18. The van der Waals surface area contributed by atoms with E-state index in [1.54, 1.807) is 43.7 Å². The standard InChI is InChI=1S/C13H15N3O3/c1-15-6-7-16(13(15)19)10-4-2-9(3-5-10)8-11(14)12(17)18/h2-7,11H,8,14H2,1H3,(H,17,18). The summed E-state index contributed by atoms with van der Waals surface area (Å²) in [5, 5.41) is 8.74. The van der Waals surface area contributed by atoms with E-state index < -0.39 is 12.0 Å². The largest absolute Gasteiger partial charge is 0.480 e. The molecule has 0 aliphatic heterocycles. The predicted octanol–water partition coefficient (Wildman–Crippen LogP) is 0.130. The topological polar surface area (TPSA) is 90.2 Å². The first-order valence-corrected chi connectivity index (χ1v) is 5.80. The number of aromatic nitrogens is 2. The average Bonchev–Trinajstić information content (AvgIpc) is 2.71. The zero-order chi connectivity index (χ0) is 14.0. The third-order valence-electron chi connectivity index (χ3n) is 2.93. The summed E-state index contributed by atoms with van der Waals surface area (Å²) in [4.78, 5) is 22.4. The maximum Gasteiger partial charge on any atom is 0.332 e. The summed E-state index contributed by atoms with van der Waals surface area (Å²) in [7, 11) is 1.68. The summed E-state index contributed by atoms with van der Waals surface area (Å²) in [5.74, 6) is -1.02. The Morgan fingerprint density at radius 1 is 1.32 bits per heavy atom. The predicted molar refractivity (Wildman–Crippen MR) is 70.3 cm³/mol. The molecule has 0 amide bonds. The highest BCUT2D eigenvalue weighted by Crippen LogP contribution is 2.09. The van der Waals surface area contributed by atoms with Gasteiger partial charge in [0.05, 0.1) is 5.69 Å². The molecular formula is C13H15N3O3. The number of carboxylic acids is 1. The second-order valence-electron chi connectivity index (χ2n) is 4.38. The Balaban J connectivity index is 2.22. The summed E-state index contributed by atoms with van der Waals surface area (Å²) in [6.07, 6.45) is 3.62. The third kappa shape index (κ3) is 2.74. The molecule has 0 fully saturated rings. The summed E-state index contributed by atoms with van der Waals surface area (Å²) >= 11 is 0. The van der Waals surface area contributed by atoms with Crippen molar-refractivity contribution in [3.05, 3.63) is 52.7 Å². The van der Waals surface area contributed by atoms with Gasteiger partial charge < -0.3 is 15.4 Å². The summed E-state index contributed by atoms with van der Waals surface area (Å²) in [6.45, 7) is 0. The molecule has 0 aliphatic carbocycles. The Hall–Kier alpha value is -2.34. The molecule has 1 aromatic heterocycles. The number of carbonyl (C=O) groups is 1. The lowest BCUT2D eigenvalue weighted by molar-refractivity contribution is -0.138. The Morgan fingerprint density at radius 3 is 2.42 bits per heavy atom. The van der Waals surface area contributed by atoms with Crippen LogP contribution in [0.1, 0.15) is 5.56 Å². The van der Waals surface area contributed by atoms with Crippen LogP contribution >= 0.6 is 0 Å². The Labute approximate surface area is 109 Å². The number of rotatable bonds is 4. The van der Waals surface area contributed by atoms with Crippen molar-refractivity contribution in [2.75, 3.05) is 0 Å². The van der Waals surface area contributed by atoms with E-state index in [0.29, 0.717) is 0 Å². The molecule has 6 nitrogen and oxygen atoms in total. The second-order valence-corrected chi connectivity index (χ2v) is 4.38. The lowest BCUT2D eigenvalue weighted by Crippen LogP contribution is -2.32. The Bertz CT molecular complexity index is 640. The third-order valence-corrected chi connectivity index (χ3v) is 2.93. The van der Waals surface area contributed by atoms with Crippen molar-refractivity contribution in [3.8, 4) is 5.69 Å². The first kappa shape index (κ1) is 13.1. The van der Waals surface area contributed by atoms with E-state index in [0.717, 1.165) is 11.3 Å². The number of hydrogen-bond acceptors (Lipinski definition) is 3. The molecule has 1 unspecified atom stereocenters. The molecule has 1 heterocycles. The van der Waals surface area contributed by atoms with Crippen LogP contribution in [0.15, 0.2) is 41.5 Å². The van der Waals surface area contributed by atoms with Crippen molar-refractivity contribution >= 4 is 5.97 Å². The van der Waals surface area contributed by atoms with Crippen LogP contribution in [0, 0.1) is 0 Å². The molecule has 3 N–H and O–H groups in total. The minimum absolute atomic E-state index is 0.130. The lowest BCUT2D eigenvalue weighted by atomic mass is 10.1. The second kappa shape index (κ2) is 5.11. The SMILES string of the molecule is Cn1ccn(-c2ccc(CC(N)C(=O)O)cc2)c1=O. The number of nitrogens with two attached hydrogens (primary N) is 1. The van der Waals surface area contributed by atoms with E-state index in [-0.39, 0.29) is 12.1 Å². The molecule has 0 aliphatic rings. The Kier molecular flexibility index (Phi) is 3.52. The monoisotopic (exact) mass is 261 g/mol. The van der Waals surface area contributed by atoms with Crippen molar-refractivity contribution in [1.29, 1.82) is 0 Å². The highest BCUT2D eigenvalue weighted by atomic mass is 16.4. The van der Waals surface area contributed by atoms with Gasteiger partial charge in [0.15, 0.2) is 0 Å². The van der Waals surface area contributed by atoms with Gasteiger partial charge in [-0.2, -0.15) is 0 Å². The molecule has 1 atom stereocenters. The maximum atomic E-state index is 11.7. The molecule has 2 aromatic rings. The maximum absolute atomic E-state index is 11.7. The lowest BCUT2D eigenvalue weighted by Gasteiger charge is -2.07. The number of aryl methyl sites for hydroxylation is 1. The van der Waals surface area contributed by atoms with Crippen molar-refractivity contribution in [2.45, 2.75) is 12.5 Å². The molecule has 2 rings (SSSR count). The first-order valence-electron chi connectivity index (χ1n) is 5.80. The van der Waals surface area contributed by atoms with Crippen LogP contribution < -0.4 is 11.4 Å². The van der Waals surface area contributed by atoms with Gasteiger partial charge in [0.25, 0.3) is 0 Å². The molecule has 0 radical (unpaired) electrons.